The number of pyridine rings is 2. The summed E-state index contributed by atoms with van der Waals surface area (Å²) in [7, 11) is 1.56. The van der Waals surface area contributed by atoms with Gasteiger partial charge in [-0.15, -0.1) is 0 Å². The molecule has 3 N–H and O–H groups in total. The molecule has 0 radical (unpaired) electrons. The molecule has 3 heterocycles. The van der Waals surface area contributed by atoms with Crippen LogP contribution in [0.3, 0.4) is 0 Å². The van der Waals surface area contributed by atoms with Gasteiger partial charge in [0.1, 0.15) is 18.3 Å². The predicted octanol–water partition coefficient (Wildman–Crippen LogP) is 2.36. The molecule has 0 aliphatic carbocycles. The number of fused-ring (bicyclic) bond motifs is 2. The van der Waals surface area contributed by atoms with Crippen LogP contribution in [0.25, 0.3) is 11.0 Å². The molecular weight excluding hydrogens is 336 g/mol. The van der Waals surface area contributed by atoms with Gasteiger partial charge in [0.25, 0.3) is 5.91 Å². The standard InChI is InChI=1S/C18H16N4O4/c1-25-16-5-4-12-14(6-7-19-17(12)21-16)20-10-2-3-11-13(18(23)22-24)9-26-15(11)8-10/h2-8,13,24H,9H2,1H3,(H,22,23)(H,19,20,21). The molecule has 132 valence electrons. The highest BCUT2D eigenvalue weighted by atomic mass is 16.5. The number of nitrogens with zero attached hydrogens (tertiary/aromatic N) is 2. The summed E-state index contributed by atoms with van der Waals surface area (Å²) in [6.45, 7) is 0.201. The van der Waals surface area contributed by atoms with Crippen molar-refractivity contribution in [1.82, 2.24) is 15.4 Å². The van der Waals surface area contributed by atoms with Crippen molar-refractivity contribution in [1.29, 1.82) is 0 Å². The minimum absolute atomic E-state index is 0.201. The van der Waals surface area contributed by atoms with Crippen LogP contribution in [-0.2, 0) is 4.79 Å². The molecule has 2 aromatic heterocycles. The lowest BCUT2D eigenvalue weighted by Crippen LogP contribution is -2.27. The molecule has 1 atom stereocenters. The normalized spacial score (nSPS) is 15.2. The number of carbonyl (C=O) groups excluding carboxylic acids is 1. The number of benzene rings is 1. The molecule has 0 saturated carbocycles. The highest BCUT2D eigenvalue weighted by Crippen LogP contribution is 2.37. The number of hydroxylamine groups is 1. The summed E-state index contributed by atoms with van der Waals surface area (Å²) in [5.41, 5.74) is 4.64. The first-order valence-corrected chi connectivity index (χ1v) is 7.97. The Kier molecular flexibility index (Phi) is 4.02. The molecule has 1 aliphatic heterocycles. The van der Waals surface area contributed by atoms with E-state index in [1.54, 1.807) is 24.9 Å². The fourth-order valence-corrected chi connectivity index (χ4v) is 2.97. The average molecular weight is 352 g/mol. The zero-order valence-electron chi connectivity index (χ0n) is 13.9. The summed E-state index contributed by atoms with van der Waals surface area (Å²) in [6, 6.07) is 11.0. The maximum absolute atomic E-state index is 11.7. The number of anilines is 2. The highest BCUT2D eigenvalue weighted by Gasteiger charge is 2.30. The van der Waals surface area contributed by atoms with Gasteiger partial charge in [0.2, 0.25) is 5.88 Å². The van der Waals surface area contributed by atoms with Gasteiger partial charge in [-0.05, 0) is 18.2 Å². The summed E-state index contributed by atoms with van der Waals surface area (Å²) in [5.74, 6) is 0.120. The van der Waals surface area contributed by atoms with Gasteiger partial charge in [0, 0.05) is 35.0 Å². The Hall–Kier alpha value is -3.39. The second-order valence-electron chi connectivity index (χ2n) is 5.80. The summed E-state index contributed by atoms with van der Waals surface area (Å²) < 4.78 is 10.7. The molecule has 1 aliphatic rings. The summed E-state index contributed by atoms with van der Waals surface area (Å²) in [4.78, 5) is 20.3. The number of aromatic nitrogens is 2. The van der Waals surface area contributed by atoms with Gasteiger partial charge in [-0.1, -0.05) is 6.07 Å². The second-order valence-corrected chi connectivity index (χ2v) is 5.80. The van der Waals surface area contributed by atoms with Gasteiger partial charge in [-0.25, -0.2) is 10.5 Å². The molecule has 1 amide bonds. The minimum Gasteiger partial charge on any atom is -0.492 e. The van der Waals surface area contributed by atoms with Crippen LogP contribution in [0.4, 0.5) is 11.4 Å². The molecule has 4 rings (SSSR count). The number of ether oxygens (including phenoxy) is 2. The maximum Gasteiger partial charge on any atom is 0.254 e. The van der Waals surface area contributed by atoms with Crippen LogP contribution in [-0.4, -0.2) is 34.8 Å². The number of nitrogens with one attached hydrogen (secondary N) is 2. The molecule has 8 heteroatoms. The van der Waals surface area contributed by atoms with Crippen molar-refractivity contribution in [2.24, 2.45) is 0 Å². The van der Waals surface area contributed by atoms with E-state index < -0.39 is 11.8 Å². The van der Waals surface area contributed by atoms with E-state index in [0.29, 0.717) is 17.3 Å². The van der Waals surface area contributed by atoms with E-state index in [-0.39, 0.29) is 6.61 Å². The Morgan fingerprint density at radius 3 is 3.00 bits per heavy atom. The molecule has 1 unspecified atom stereocenters. The van der Waals surface area contributed by atoms with Crippen LogP contribution >= 0.6 is 0 Å². The number of amides is 1. The van der Waals surface area contributed by atoms with E-state index in [9.17, 15) is 4.79 Å². The van der Waals surface area contributed by atoms with Gasteiger partial charge in [-0.3, -0.25) is 10.0 Å². The van der Waals surface area contributed by atoms with Crippen LogP contribution in [0.5, 0.6) is 11.6 Å². The molecular formula is C18H16N4O4. The van der Waals surface area contributed by atoms with Crippen molar-refractivity contribution in [3.8, 4) is 11.6 Å². The van der Waals surface area contributed by atoms with Gasteiger partial charge in [-0.2, -0.15) is 4.98 Å². The zero-order chi connectivity index (χ0) is 18.1. The minimum atomic E-state index is -0.512. The lowest BCUT2D eigenvalue weighted by molar-refractivity contribution is -0.130. The monoisotopic (exact) mass is 352 g/mol. The predicted molar refractivity (Wildman–Crippen MR) is 94.0 cm³/mol. The van der Waals surface area contributed by atoms with E-state index in [2.05, 4.69) is 15.3 Å². The third-order valence-electron chi connectivity index (χ3n) is 4.29. The third-order valence-corrected chi connectivity index (χ3v) is 4.29. The topological polar surface area (TPSA) is 106 Å². The van der Waals surface area contributed by atoms with Gasteiger partial charge >= 0.3 is 0 Å². The van der Waals surface area contributed by atoms with E-state index >= 15 is 0 Å². The quantitative estimate of drug-likeness (QED) is 0.489. The number of methoxy groups -OCH3 is 1. The van der Waals surface area contributed by atoms with Crippen molar-refractivity contribution < 1.29 is 19.5 Å². The van der Waals surface area contributed by atoms with Crippen LogP contribution in [0.1, 0.15) is 11.5 Å². The summed E-state index contributed by atoms with van der Waals surface area (Å²) in [6.07, 6.45) is 1.67. The van der Waals surface area contributed by atoms with Crippen LogP contribution in [0.15, 0.2) is 42.6 Å². The molecule has 26 heavy (non-hydrogen) atoms. The van der Waals surface area contributed by atoms with Gasteiger partial charge in [0.05, 0.1) is 12.8 Å². The van der Waals surface area contributed by atoms with E-state index in [1.807, 2.05) is 30.3 Å². The average Bonchev–Trinajstić information content (AvgIpc) is 3.10. The number of carbonyl (C=O) groups is 1. The fraction of sp³-hybridized carbons (Fsp3) is 0.167. The van der Waals surface area contributed by atoms with E-state index in [1.165, 1.54) is 0 Å². The van der Waals surface area contributed by atoms with Crippen molar-refractivity contribution in [3.63, 3.8) is 0 Å². The lowest BCUT2D eigenvalue weighted by Gasteiger charge is -2.11. The Morgan fingerprint density at radius 2 is 2.19 bits per heavy atom. The van der Waals surface area contributed by atoms with Gasteiger partial charge < -0.3 is 14.8 Å². The van der Waals surface area contributed by atoms with Gasteiger partial charge in [0.15, 0.2) is 5.65 Å². The molecule has 0 fully saturated rings. The maximum atomic E-state index is 11.7. The van der Waals surface area contributed by atoms with Crippen LogP contribution < -0.4 is 20.3 Å². The number of hydrogen-bond acceptors (Lipinski definition) is 7. The SMILES string of the molecule is COc1ccc2c(Nc3ccc4c(c3)OCC4C(=O)NO)ccnc2n1. The van der Waals surface area contributed by atoms with Crippen molar-refractivity contribution in [2.75, 3.05) is 19.0 Å². The smallest absolute Gasteiger partial charge is 0.254 e. The summed E-state index contributed by atoms with van der Waals surface area (Å²) in [5, 5.41) is 13.0. The first kappa shape index (κ1) is 16.1. The Morgan fingerprint density at radius 1 is 1.31 bits per heavy atom. The molecule has 0 saturated heterocycles. The van der Waals surface area contributed by atoms with E-state index in [0.717, 1.165) is 22.3 Å². The Labute approximate surface area is 148 Å². The first-order valence-electron chi connectivity index (χ1n) is 7.97. The van der Waals surface area contributed by atoms with Crippen molar-refractivity contribution in [3.05, 3.63) is 48.2 Å². The molecule has 0 bridgehead atoms. The third kappa shape index (κ3) is 2.76. The van der Waals surface area contributed by atoms with Crippen LogP contribution in [0.2, 0.25) is 0 Å². The molecule has 1 aromatic carbocycles. The van der Waals surface area contributed by atoms with E-state index in [4.69, 9.17) is 14.7 Å². The Bertz CT molecular complexity index is 992. The molecule has 8 nitrogen and oxygen atoms in total. The zero-order valence-corrected chi connectivity index (χ0v) is 13.9. The first-order chi connectivity index (χ1) is 12.7. The lowest BCUT2D eigenvalue weighted by atomic mass is 10.0. The van der Waals surface area contributed by atoms with Crippen LogP contribution in [0, 0.1) is 0 Å². The summed E-state index contributed by atoms with van der Waals surface area (Å²) >= 11 is 0. The number of hydrogen-bond donors (Lipinski definition) is 3. The molecule has 0 spiro atoms. The number of rotatable bonds is 4. The second kappa shape index (κ2) is 6.49. The Balaban J connectivity index is 1.65. The van der Waals surface area contributed by atoms with Crippen molar-refractivity contribution >= 4 is 28.3 Å². The largest absolute Gasteiger partial charge is 0.492 e. The highest BCUT2D eigenvalue weighted by molar-refractivity contribution is 5.91. The molecule has 3 aromatic rings. The fourth-order valence-electron chi connectivity index (χ4n) is 2.97. The van der Waals surface area contributed by atoms with Crippen molar-refractivity contribution in [2.45, 2.75) is 5.92 Å².